The molecule has 1 aliphatic rings. The van der Waals surface area contributed by atoms with Crippen LogP contribution in [-0.2, 0) is 0 Å². The number of hydrogen-bond donors (Lipinski definition) is 0. The van der Waals surface area contributed by atoms with Gasteiger partial charge in [-0.2, -0.15) is 0 Å². The molecule has 27 heavy (non-hydrogen) atoms. The van der Waals surface area contributed by atoms with Crippen molar-refractivity contribution in [1.29, 1.82) is 0 Å². The highest BCUT2D eigenvalue weighted by atomic mass is 32.1. The van der Waals surface area contributed by atoms with Crippen LogP contribution in [0.2, 0.25) is 0 Å². The zero-order chi connectivity index (χ0) is 19.7. The number of rotatable bonds is 5. The van der Waals surface area contributed by atoms with Crippen molar-refractivity contribution >= 4 is 17.2 Å². The number of aryl methyl sites for hydroxylation is 4. The van der Waals surface area contributed by atoms with Crippen molar-refractivity contribution in [3.8, 4) is 10.6 Å². The topological polar surface area (TPSA) is 36.4 Å². The molecule has 0 saturated carbocycles. The number of carbonyl (C=O) groups is 1. The van der Waals surface area contributed by atoms with E-state index >= 15 is 0 Å². The summed E-state index contributed by atoms with van der Waals surface area (Å²) in [5.41, 5.74) is 5.77. The van der Waals surface area contributed by atoms with E-state index in [0.29, 0.717) is 6.04 Å². The van der Waals surface area contributed by atoms with Crippen molar-refractivity contribution < 1.29 is 4.79 Å². The smallest absolute Gasteiger partial charge is 0.265 e. The van der Waals surface area contributed by atoms with Gasteiger partial charge in [-0.15, -0.1) is 11.3 Å². The molecule has 3 rings (SSSR count). The third kappa shape index (κ3) is 3.94. The standard InChI is InChI=1S/C22H31N3OS/c1-7-24(8-2)18-9-10-25(13-18)22(26)20-17(6)23-21(27-20)19-12-15(4)14(3)11-16(19)5/h11-12,18H,7-10,13H2,1-6H3. The summed E-state index contributed by atoms with van der Waals surface area (Å²) >= 11 is 1.54. The number of likely N-dealkylation sites (N-methyl/N-ethyl adjacent to an activating group) is 1. The average molecular weight is 386 g/mol. The Morgan fingerprint density at radius 1 is 1.15 bits per heavy atom. The van der Waals surface area contributed by atoms with Gasteiger partial charge in [0.25, 0.3) is 5.91 Å². The lowest BCUT2D eigenvalue weighted by molar-refractivity contribution is 0.0782. The Hall–Kier alpha value is -1.72. The van der Waals surface area contributed by atoms with Gasteiger partial charge in [0, 0.05) is 24.7 Å². The van der Waals surface area contributed by atoms with Gasteiger partial charge in [0.2, 0.25) is 0 Å². The lowest BCUT2D eigenvalue weighted by Crippen LogP contribution is -2.38. The van der Waals surface area contributed by atoms with Crippen molar-refractivity contribution in [3.63, 3.8) is 0 Å². The first-order valence-corrected chi connectivity index (χ1v) is 10.8. The van der Waals surface area contributed by atoms with E-state index in [-0.39, 0.29) is 5.91 Å². The molecular weight excluding hydrogens is 354 g/mol. The van der Waals surface area contributed by atoms with Gasteiger partial charge in [-0.05, 0) is 70.0 Å². The number of amides is 1. The zero-order valence-electron chi connectivity index (χ0n) is 17.4. The average Bonchev–Trinajstić information content (AvgIpc) is 3.26. The Kier molecular flexibility index (Phi) is 6.02. The molecule has 0 spiro atoms. The highest BCUT2D eigenvalue weighted by molar-refractivity contribution is 7.17. The van der Waals surface area contributed by atoms with E-state index in [0.717, 1.165) is 53.7 Å². The van der Waals surface area contributed by atoms with Crippen molar-refractivity contribution in [3.05, 3.63) is 39.4 Å². The number of hydrogen-bond acceptors (Lipinski definition) is 4. The molecule has 5 heteroatoms. The van der Waals surface area contributed by atoms with Crippen molar-refractivity contribution in [1.82, 2.24) is 14.8 Å². The number of aromatic nitrogens is 1. The predicted octanol–water partition coefficient (Wildman–Crippen LogP) is 4.60. The lowest BCUT2D eigenvalue weighted by atomic mass is 10.0. The quantitative estimate of drug-likeness (QED) is 0.755. The summed E-state index contributed by atoms with van der Waals surface area (Å²) in [4.78, 5) is 23.2. The summed E-state index contributed by atoms with van der Waals surface area (Å²) in [6, 6.07) is 4.89. The second kappa shape index (κ2) is 8.11. The molecular formula is C22H31N3OS. The summed E-state index contributed by atoms with van der Waals surface area (Å²) in [5.74, 6) is 0.146. The molecule has 1 aromatic heterocycles. The third-order valence-corrected chi connectivity index (χ3v) is 7.02. The van der Waals surface area contributed by atoms with Crippen molar-refractivity contribution in [2.45, 2.75) is 54.0 Å². The normalized spacial score (nSPS) is 17.1. The minimum atomic E-state index is 0.146. The van der Waals surface area contributed by atoms with Crippen LogP contribution in [0.15, 0.2) is 12.1 Å². The van der Waals surface area contributed by atoms with Crippen LogP contribution in [0, 0.1) is 27.7 Å². The van der Waals surface area contributed by atoms with Gasteiger partial charge >= 0.3 is 0 Å². The molecule has 2 heterocycles. The van der Waals surface area contributed by atoms with Gasteiger partial charge in [-0.25, -0.2) is 4.98 Å². The van der Waals surface area contributed by atoms with Crippen LogP contribution in [0.5, 0.6) is 0 Å². The summed E-state index contributed by atoms with van der Waals surface area (Å²) in [6.45, 7) is 16.5. The molecule has 1 atom stereocenters. The molecule has 1 amide bonds. The first kappa shape index (κ1) is 20.0. The summed E-state index contributed by atoms with van der Waals surface area (Å²) in [7, 11) is 0. The molecule has 1 aliphatic heterocycles. The molecule has 1 saturated heterocycles. The second-order valence-corrected chi connectivity index (χ2v) is 8.60. The van der Waals surface area contributed by atoms with Crippen molar-refractivity contribution in [2.75, 3.05) is 26.2 Å². The number of thiazole rings is 1. The minimum Gasteiger partial charge on any atom is -0.336 e. The predicted molar refractivity (Wildman–Crippen MR) is 114 cm³/mol. The van der Waals surface area contributed by atoms with Gasteiger partial charge in [0.15, 0.2) is 0 Å². The van der Waals surface area contributed by atoms with Gasteiger partial charge < -0.3 is 4.90 Å². The van der Waals surface area contributed by atoms with Crippen LogP contribution in [-0.4, -0.2) is 52.9 Å². The van der Waals surface area contributed by atoms with E-state index in [9.17, 15) is 4.79 Å². The first-order valence-electron chi connectivity index (χ1n) is 9.94. The van der Waals surface area contributed by atoms with Crippen LogP contribution in [0.4, 0.5) is 0 Å². The fourth-order valence-corrected chi connectivity index (χ4v) is 5.12. The van der Waals surface area contributed by atoms with Crippen LogP contribution in [0.25, 0.3) is 10.6 Å². The molecule has 4 nitrogen and oxygen atoms in total. The third-order valence-electron chi connectivity index (χ3n) is 5.84. The Morgan fingerprint density at radius 2 is 1.81 bits per heavy atom. The Bertz CT molecular complexity index is 838. The SMILES string of the molecule is CCN(CC)C1CCN(C(=O)c2sc(-c3cc(C)c(C)cc3C)nc2C)C1. The molecule has 1 unspecified atom stereocenters. The van der Waals surface area contributed by atoms with E-state index in [1.54, 1.807) is 11.3 Å². The Morgan fingerprint density at radius 3 is 2.48 bits per heavy atom. The monoisotopic (exact) mass is 385 g/mol. The summed E-state index contributed by atoms with van der Waals surface area (Å²) in [5, 5.41) is 0.955. The number of carbonyl (C=O) groups excluding carboxylic acids is 1. The largest absolute Gasteiger partial charge is 0.336 e. The Balaban J connectivity index is 1.83. The number of likely N-dealkylation sites (tertiary alicyclic amines) is 1. The molecule has 146 valence electrons. The number of nitrogens with zero attached hydrogens (tertiary/aromatic N) is 3. The fourth-order valence-electron chi connectivity index (χ4n) is 4.01. The fraction of sp³-hybridized carbons (Fsp3) is 0.545. The maximum absolute atomic E-state index is 13.1. The highest BCUT2D eigenvalue weighted by Gasteiger charge is 2.31. The lowest BCUT2D eigenvalue weighted by Gasteiger charge is -2.26. The van der Waals surface area contributed by atoms with E-state index in [4.69, 9.17) is 4.98 Å². The zero-order valence-corrected chi connectivity index (χ0v) is 18.2. The maximum Gasteiger partial charge on any atom is 0.265 e. The molecule has 1 fully saturated rings. The molecule has 0 radical (unpaired) electrons. The number of benzene rings is 1. The molecule has 0 bridgehead atoms. The van der Waals surface area contributed by atoms with E-state index < -0.39 is 0 Å². The molecule has 0 N–H and O–H groups in total. The second-order valence-electron chi connectivity index (χ2n) is 7.60. The maximum atomic E-state index is 13.1. The Labute approximate surface area is 167 Å². The summed E-state index contributed by atoms with van der Waals surface area (Å²) in [6.07, 6.45) is 1.06. The van der Waals surface area contributed by atoms with E-state index in [2.05, 4.69) is 51.7 Å². The molecule has 0 aliphatic carbocycles. The van der Waals surface area contributed by atoms with Gasteiger partial charge in [-0.1, -0.05) is 19.9 Å². The first-order chi connectivity index (χ1) is 12.8. The van der Waals surface area contributed by atoms with E-state index in [1.165, 1.54) is 16.7 Å². The highest BCUT2D eigenvalue weighted by Crippen LogP contribution is 2.33. The summed E-state index contributed by atoms with van der Waals surface area (Å²) < 4.78 is 0. The molecule has 1 aromatic carbocycles. The van der Waals surface area contributed by atoms with Gasteiger partial charge in [0.1, 0.15) is 9.88 Å². The van der Waals surface area contributed by atoms with Gasteiger partial charge in [-0.3, -0.25) is 9.69 Å². The van der Waals surface area contributed by atoms with Crippen LogP contribution >= 0.6 is 11.3 Å². The van der Waals surface area contributed by atoms with Crippen LogP contribution < -0.4 is 0 Å². The van der Waals surface area contributed by atoms with Crippen LogP contribution in [0.1, 0.15) is 52.3 Å². The minimum absolute atomic E-state index is 0.146. The van der Waals surface area contributed by atoms with Crippen LogP contribution in [0.3, 0.4) is 0 Å². The van der Waals surface area contributed by atoms with E-state index in [1.807, 2.05) is 11.8 Å². The van der Waals surface area contributed by atoms with Crippen molar-refractivity contribution in [2.24, 2.45) is 0 Å². The molecule has 2 aromatic rings. The van der Waals surface area contributed by atoms with Gasteiger partial charge in [0.05, 0.1) is 5.69 Å².